The molecule has 1 aliphatic rings. The van der Waals surface area contributed by atoms with Crippen LogP contribution in [0.4, 0.5) is 5.13 Å². The van der Waals surface area contributed by atoms with Gasteiger partial charge >= 0.3 is 5.97 Å². The van der Waals surface area contributed by atoms with Crippen molar-refractivity contribution in [3.63, 3.8) is 0 Å². The number of aromatic nitrogens is 1. The van der Waals surface area contributed by atoms with Crippen molar-refractivity contribution in [1.29, 1.82) is 0 Å². The monoisotopic (exact) mass is 314 g/mol. The highest BCUT2D eigenvalue weighted by Gasteiger charge is 2.26. The summed E-state index contributed by atoms with van der Waals surface area (Å²) in [6.07, 6.45) is 2.77. The number of nitrogens with zero attached hydrogens (tertiary/aromatic N) is 2. The van der Waals surface area contributed by atoms with Crippen LogP contribution in [0, 0.1) is 0 Å². The van der Waals surface area contributed by atoms with Gasteiger partial charge in [0.2, 0.25) is 0 Å². The van der Waals surface area contributed by atoms with Crippen LogP contribution >= 0.6 is 23.1 Å². The zero-order valence-corrected chi connectivity index (χ0v) is 13.9. The number of carbonyl (C=O) groups is 1. The average Bonchev–Trinajstić information content (AvgIpc) is 2.69. The molecule has 0 atom stereocenters. The first-order chi connectivity index (χ1) is 9.43. The second-order valence-electron chi connectivity index (χ2n) is 5.67. The lowest BCUT2D eigenvalue weighted by atomic mass is 10.1. The highest BCUT2D eigenvalue weighted by Crippen LogP contribution is 2.34. The zero-order valence-electron chi connectivity index (χ0n) is 12.3. The Kier molecular flexibility index (Phi) is 4.96. The van der Waals surface area contributed by atoms with Crippen molar-refractivity contribution in [2.75, 3.05) is 23.7 Å². The molecule has 6 heteroatoms. The van der Waals surface area contributed by atoms with Crippen molar-refractivity contribution in [3.05, 3.63) is 10.6 Å². The van der Waals surface area contributed by atoms with Crippen LogP contribution in [0.25, 0.3) is 0 Å². The van der Waals surface area contributed by atoms with E-state index in [1.807, 2.05) is 11.8 Å². The van der Waals surface area contributed by atoms with Gasteiger partial charge in [-0.25, -0.2) is 9.78 Å². The third-order valence-corrected chi connectivity index (χ3v) is 5.99. The van der Waals surface area contributed by atoms with Crippen LogP contribution in [0.2, 0.25) is 0 Å². The van der Waals surface area contributed by atoms with E-state index >= 15 is 0 Å². The summed E-state index contributed by atoms with van der Waals surface area (Å²) in [6.45, 7) is 8.50. The highest BCUT2D eigenvalue weighted by atomic mass is 32.2. The average molecular weight is 314 g/mol. The van der Waals surface area contributed by atoms with Crippen molar-refractivity contribution in [1.82, 2.24) is 4.98 Å². The molecular formula is C14H22N2O2S2. The van der Waals surface area contributed by atoms with E-state index in [-0.39, 0.29) is 0 Å². The quantitative estimate of drug-likeness (QED) is 0.921. The SMILES string of the molecule is CCCc1nc(N2CCSC(C)(C)CC2)sc1C(=O)O. The fraction of sp³-hybridized carbons (Fsp3) is 0.714. The molecule has 20 heavy (non-hydrogen) atoms. The van der Waals surface area contributed by atoms with Gasteiger partial charge in [-0.2, -0.15) is 11.8 Å². The standard InChI is InChI=1S/C14H22N2O2S2/c1-4-5-10-11(12(17)18)20-13(15-10)16-7-6-14(2,3)19-9-8-16/h4-9H2,1-3H3,(H,17,18). The molecule has 4 nitrogen and oxygen atoms in total. The third kappa shape index (κ3) is 3.67. The van der Waals surface area contributed by atoms with Crippen molar-refractivity contribution in [2.24, 2.45) is 0 Å². The lowest BCUT2D eigenvalue weighted by molar-refractivity contribution is 0.0700. The van der Waals surface area contributed by atoms with Gasteiger partial charge in [0.05, 0.1) is 5.69 Å². The third-order valence-electron chi connectivity index (χ3n) is 3.48. The second kappa shape index (κ2) is 6.35. The fourth-order valence-corrected chi connectivity index (χ4v) is 4.36. The van der Waals surface area contributed by atoms with Crippen LogP contribution in [0.5, 0.6) is 0 Å². The first-order valence-electron chi connectivity index (χ1n) is 7.05. The van der Waals surface area contributed by atoms with E-state index in [1.165, 1.54) is 11.3 Å². The predicted molar refractivity (Wildman–Crippen MR) is 86.4 cm³/mol. The molecule has 0 saturated carbocycles. The molecule has 112 valence electrons. The summed E-state index contributed by atoms with van der Waals surface area (Å²) >= 11 is 3.32. The molecule has 1 aromatic heterocycles. The zero-order chi connectivity index (χ0) is 14.8. The van der Waals surface area contributed by atoms with Gasteiger partial charge in [0, 0.05) is 23.6 Å². The maximum absolute atomic E-state index is 11.3. The first-order valence-corrected chi connectivity index (χ1v) is 8.85. The van der Waals surface area contributed by atoms with Gasteiger partial charge in [-0.05, 0) is 12.8 Å². The maximum atomic E-state index is 11.3. The van der Waals surface area contributed by atoms with Crippen LogP contribution in [-0.4, -0.2) is 39.6 Å². The number of anilines is 1. The summed E-state index contributed by atoms with van der Waals surface area (Å²) < 4.78 is 0.299. The number of thiazole rings is 1. The summed E-state index contributed by atoms with van der Waals surface area (Å²) in [5, 5.41) is 10.2. The molecule has 1 fully saturated rings. The number of aryl methyl sites for hydroxylation is 1. The number of aromatic carboxylic acids is 1. The molecule has 0 amide bonds. The molecule has 0 bridgehead atoms. The van der Waals surface area contributed by atoms with Gasteiger partial charge in [-0.15, -0.1) is 0 Å². The Morgan fingerprint density at radius 1 is 1.45 bits per heavy atom. The summed E-state index contributed by atoms with van der Waals surface area (Å²) in [7, 11) is 0. The minimum absolute atomic E-state index is 0.299. The molecule has 2 rings (SSSR count). The van der Waals surface area contributed by atoms with E-state index in [1.54, 1.807) is 0 Å². The van der Waals surface area contributed by atoms with Crippen LogP contribution in [0.3, 0.4) is 0 Å². The summed E-state index contributed by atoms with van der Waals surface area (Å²) in [5.41, 5.74) is 0.746. The number of hydrogen-bond donors (Lipinski definition) is 1. The Hall–Kier alpha value is -0.750. The summed E-state index contributed by atoms with van der Waals surface area (Å²) in [4.78, 5) is 18.6. The van der Waals surface area contributed by atoms with E-state index in [0.717, 1.165) is 48.9 Å². The summed E-state index contributed by atoms with van der Waals surface area (Å²) in [5.74, 6) is 0.222. The van der Waals surface area contributed by atoms with Crippen LogP contribution in [-0.2, 0) is 6.42 Å². The molecule has 0 spiro atoms. The lowest BCUT2D eigenvalue weighted by Gasteiger charge is -2.22. The molecule has 0 radical (unpaired) electrons. The first kappa shape index (κ1) is 15.6. The van der Waals surface area contributed by atoms with Crippen molar-refractivity contribution >= 4 is 34.2 Å². The normalized spacial score (nSPS) is 18.9. The molecule has 1 aromatic rings. The molecule has 1 aliphatic heterocycles. The minimum Gasteiger partial charge on any atom is -0.477 e. The van der Waals surface area contributed by atoms with Gasteiger partial charge in [-0.3, -0.25) is 0 Å². The van der Waals surface area contributed by atoms with Crippen molar-refractivity contribution in [3.8, 4) is 0 Å². The fourth-order valence-electron chi connectivity index (χ4n) is 2.26. The maximum Gasteiger partial charge on any atom is 0.347 e. The summed E-state index contributed by atoms with van der Waals surface area (Å²) in [6, 6.07) is 0. The van der Waals surface area contributed by atoms with Crippen LogP contribution in [0.1, 0.15) is 49.0 Å². The minimum atomic E-state index is -0.846. The van der Waals surface area contributed by atoms with Crippen molar-refractivity contribution < 1.29 is 9.90 Å². The second-order valence-corrected chi connectivity index (χ2v) is 8.45. The number of rotatable bonds is 4. The van der Waals surface area contributed by atoms with Gasteiger partial charge in [0.15, 0.2) is 5.13 Å². The highest BCUT2D eigenvalue weighted by molar-refractivity contribution is 8.00. The van der Waals surface area contributed by atoms with E-state index in [9.17, 15) is 9.90 Å². The molecule has 1 saturated heterocycles. The topological polar surface area (TPSA) is 53.4 Å². The Labute approximate surface area is 128 Å². The Morgan fingerprint density at radius 2 is 2.20 bits per heavy atom. The van der Waals surface area contributed by atoms with E-state index in [4.69, 9.17) is 0 Å². The largest absolute Gasteiger partial charge is 0.477 e. The number of carboxylic acid groups (broad SMARTS) is 1. The number of carboxylic acids is 1. The molecule has 0 aromatic carbocycles. The smallest absolute Gasteiger partial charge is 0.347 e. The van der Waals surface area contributed by atoms with Gasteiger partial charge in [-0.1, -0.05) is 38.5 Å². The Bertz CT molecular complexity index is 486. The van der Waals surface area contributed by atoms with E-state index in [2.05, 4.69) is 30.7 Å². The molecular weight excluding hydrogens is 292 g/mol. The predicted octanol–water partition coefficient (Wildman–Crippen LogP) is 3.52. The Balaban J connectivity index is 2.20. The molecule has 0 aliphatic carbocycles. The van der Waals surface area contributed by atoms with Gasteiger partial charge in [0.1, 0.15) is 4.88 Å². The lowest BCUT2D eigenvalue weighted by Crippen LogP contribution is -2.26. The van der Waals surface area contributed by atoms with E-state index < -0.39 is 5.97 Å². The molecule has 2 heterocycles. The van der Waals surface area contributed by atoms with Crippen molar-refractivity contribution in [2.45, 2.75) is 44.8 Å². The van der Waals surface area contributed by atoms with Crippen LogP contribution < -0.4 is 4.90 Å². The van der Waals surface area contributed by atoms with E-state index in [0.29, 0.717) is 9.62 Å². The van der Waals surface area contributed by atoms with Gasteiger partial charge < -0.3 is 10.0 Å². The molecule has 1 N–H and O–H groups in total. The Morgan fingerprint density at radius 3 is 2.85 bits per heavy atom. The molecule has 0 unspecified atom stereocenters. The van der Waals surface area contributed by atoms with Crippen LogP contribution in [0.15, 0.2) is 0 Å². The number of thioether (sulfide) groups is 1. The van der Waals surface area contributed by atoms with Gasteiger partial charge in [0.25, 0.3) is 0 Å². The number of hydrogen-bond acceptors (Lipinski definition) is 5.